The first-order valence-corrected chi connectivity index (χ1v) is 2.82. The molecule has 1 N–H and O–H groups in total. The number of rotatable bonds is 3. The van der Waals surface area contributed by atoms with E-state index in [0.29, 0.717) is 6.42 Å². The highest BCUT2D eigenvalue weighted by atomic mass is 27.0. The van der Waals surface area contributed by atoms with Crippen LogP contribution in [0.15, 0.2) is 0 Å². The highest BCUT2D eigenvalue weighted by Crippen LogP contribution is 2.02. The zero-order valence-corrected chi connectivity index (χ0v) is 5.55. The average Bonchev–Trinajstić information content (AvgIpc) is 1.64. The third-order valence-corrected chi connectivity index (χ3v) is 1.20. The second-order valence-electron chi connectivity index (χ2n) is 1.91. The Bertz CT molecular complexity index is 119. The summed E-state index contributed by atoms with van der Waals surface area (Å²) in [5.74, 6) is -2.10. The molecule has 0 aromatic carbocycles. The molecule has 0 saturated heterocycles. The van der Waals surface area contributed by atoms with E-state index >= 15 is 0 Å². The number of carbonyl (C=O) groups excluding carboxylic acids is 1. The molecule has 0 aliphatic heterocycles. The molecule has 0 aromatic rings. The summed E-state index contributed by atoms with van der Waals surface area (Å²) in [6.07, 6.45) is 0.380. The Morgan fingerprint density at radius 3 is 1.90 bits per heavy atom. The Morgan fingerprint density at radius 1 is 1.50 bits per heavy atom. The molecule has 1 unspecified atom stereocenters. The lowest BCUT2D eigenvalue weighted by Gasteiger charge is -2.01. The molecule has 4 heteroatoms. The summed E-state index contributed by atoms with van der Waals surface area (Å²) in [6, 6.07) is 0. The van der Waals surface area contributed by atoms with Crippen molar-refractivity contribution < 1.29 is 14.7 Å². The summed E-state index contributed by atoms with van der Waals surface area (Å²) in [5.41, 5.74) is 0. The molecule has 0 aliphatic carbocycles. The van der Waals surface area contributed by atoms with E-state index in [4.69, 9.17) is 5.11 Å². The largest absolute Gasteiger partial charge is 0.481 e. The van der Waals surface area contributed by atoms with Crippen molar-refractivity contribution in [1.29, 1.82) is 0 Å². The second-order valence-corrected chi connectivity index (χ2v) is 1.91. The highest BCUT2D eigenvalue weighted by Gasteiger charge is 2.19. The maximum Gasteiger partial charge on any atom is 0.314 e. The Kier molecular flexibility index (Phi) is 6.74. The van der Waals surface area contributed by atoms with E-state index in [-0.39, 0.29) is 23.1 Å². The van der Waals surface area contributed by atoms with Crippen LogP contribution in [-0.4, -0.2) is 34.2 Å². The maximum atomic E-state index is 10.4. The molecule has 0 fully saturated rings. The Morgan fingerprint density at radius 2 is 1.90 bits per heavy atom. The summed E-state index contributed by atoms with van der Waals surface area (Å²) < 4.78 is 0. The monoisotopic (exact) mass is 160 g/mol. The van der Waals surface area contributed by atoms with Crippen LogP contribution in [0.4, 0.5) is 0 Å². The van der Waals surface area contributed by atoms with Crippen LogP contribution in [0.3, 0.4) is 0 Å². The van der Waals surface area contributed by atoms with E-state index in [9.17, 15) is 9.59 Å². The van der Waals surface area contributed by atoms with Gasteiger partial charge in [-0.2, -0.15) is 0 Å². The van der Waals surface area contributed by atoms with Gasteiger partial charge < -0.3 is 5.11 Å². The van der Waals surface area contributed by atoms with Crippen LogP contribution in [0.1, 0.15) is 20.3 Å². The van der Waals surface area contributed by atoms with Gasteiger partial charge in [-0.15, -0.1) is 0 Å². The molecule has 0 rings (SSSR count). The minimum absolute atomic E-state index is 0. The van der Waals surface area contributed by atoms with Crippen molar-refractivity contribution in [3.8, 4) is 0 Å². The molecule has 0 bridgehead atoms. The molecule has 0 amide bonds. The summed E-state index contributed by atoms with van der Waals surface area (Å²) in [5, 5.41) is 8.32. The first-order valence-electron chi connectivity index (χ1n) is 2.82. The molecule has 3 nitrogen and oxygen atoms in total. The molecule has 0 radical (unpaired) electrons. The van der Waals surface area contributed by atoms with Crippen molar-refractivity contribution in [3.63, 3.8) is 0 Å². The fourth-order valence-electron chi connectivity index (χ4n) is 0.636. The number of Topliss-reactive ketones (excluding diaryl/α,β-unsaturated/α-hetero) is 1. The molecule has 0 spiro atoms. The lowest BCUT2D eigenvalue weighted by molar-refractivity contribution is -0.145. The standard InChI is InChI=1S/C6H10O3.Al.3H/c1-3-5(4(2)7)6(8)9;;;;/h5H,3H2,1-2H3,(H,8,9);;;;. The summed E-state index contributed by atoms with van der Waals surface area (Å²) >= 11 is 0. The molecule has 1 atom stereocenters. The third kappa shape index (κ3) is 3.65. The Balaban J connectivity index is 0. The number of hydrogen-bond acceptors (Lipinski definition) is 2. The first-order chi connectivity index (χ1) is 4.09. The number of ketones is 1. The van der Waals surface area contributed by atoms with Gasteiger partial charge in [-0.3, -0.25) is 9.59 Å². The molecule has 10 heavy (non-hydrogen) atoms. The minimum Gasteiger partial charge on any atom is -0.481 e. The summed E-state index contributed by atoms with van der Waals surface area (Å²) in [4.78, 5) is 20.6. The number of carboxylic acids is 1. The fraction of sp³-hybridized carbons (Fsp3) is 0.667. The number of carbonyl (C=O) groups is 2. The smallest absolute Gasteiger partial charge is 0.314 e. The number of aliphatic carboxylic acids is 1. The van der Waals surface area contributed by atoms with Crippen LogP contribution >= 0.6 is 0 Å². The lowest BCUT2D eigenvalue weighted by Crippen LogP contribution is -2.19. The highest BCUT2D eigenvalue weighted by molar-refractivity contribution is 5.96. The normalized spacial score (nSPS) is 11.4. The van der Waals surface area contributed by atoms with Crippen molar-refractivity contribution in [2.45, 2.75) is 20.3 Å². The van der Waals surface area contributed by atoms with E-state index < -0.39 is 11.9 Å². The van der Waals surface area contributed by atoms with E-state index in [1.807, 2.05) is 0 Å². The third-order valence-electron chi connectivity index (χ3n) is 1.20. The van der Waals surface area contributed by atoms with Gasteiger partial charge >= 0.3 is 5.97 Å². The number of carboxylic acid groups (broad SMARTS) is 1. The van der Waals surface area contributed by atoms with Crippen LogP contribution in [0.2, 0.25) is 0 Å². The van der Waals surface area contributed by atoms with Crippen molar-refractivity contribution in [2.75, 3.05) is 0 Å². The van der Waals surface area contributed by atoms with E-state index in [1.165, 1.54) is 6.92 Å². The zero-order chi connectivity index (χ0) is 7.44. The maximum absolute atomic E-state index is 10.4. The molecule has 0 aliphatic rings. The van der Waals surface area contributed by atoms with Crippen molar-refractivity contribution in [2.24, 2.45) is 5.92 Å². The van der Waals surface area contributed by atoms with Crippen LogP contribution in [0, 0.1) is 5.92 Å². The van der Waals surface area contributed by atoms with E-state index in [0.717, 1.165) is 0 Å². The predicted octanol–water partition coefficient (Wildman–Crippen LogP) is -0.498. The van der Waals surface area contributed by atoms with Crippen molar-refractivity contribution in [3.05, 3.63) is 0 Å². The van der Waals surface area contributed by atoms with Gasteiger partial charge in [0.25, 0.3) is 0 Å². The quantitative estimate of drug-likeness (QED) is 0.447. The van der Waals surface area contributed by atoms with E-state index in [2.05, 4.69) is 0 Å². The second kappa shape index (κ2) is 5.46. The van der Waals surface area contributed by atoms with Gasteiger partial charge in [0, 0.05) is 0 Å². The first kappa shape index (κ1) is 12.4. The van der Waals surface area contributed by atoms with Crippen LogP contribution in [0.5, 0.6) is 0 Å². The van der Waals surface area contributed by atoms with Crippen LogP contribution < -0.4 is 0 Å². The topological polar surface area (TPSA) is 54.4 Å². The SMILES string of the molecule is CCC(C(C)=O)C(=O)O.[AlH3]. The van der Waals surface area contributed by atoms with Gasteiger partial charge in [0.15, 0.2) is 17.4 Å². The summed E-state index contributed by atoms with van der Waals surface area (Å²) in [6.45, 7) is 2.97. The zero-order valence-electron chi connectivity index (χ0n) is 5.55. The average molecular weight is 160 g/mol. The minimum atomic E-state index is -1.02. The molecular formula is C6H13AlO3. The molecule has 0 saturated carbocycles. The number of hydrogen-bond donors (Lipinski definition) is 1. The lowest BCUT2D eigenvalue weighted by atomic mass is 10.0. The molecule has 0 aromatic heterocycles. The van der Waals surface area contributed by atoms with Crippen LogP contribution in [0.25, 0.3) is 0 Å². The van der Waals surface area contributed by atoms with E-state index in [1.54, 1.807) is 6.92 Å². The van der Waals surface area contributed by atoms with Gasteiger partial charge in [0.1, 0.15) is 11.7 Å². The Labute approximate surface area is 70.6 Å². The fourth-order valence-corrected chi connectivity index (χ4v) is 0.636. The van der Waals surface area contributed by atoms with Gasteiger partial charge in [0.05, 0.1) is 0 Å². The molecule has 58 valence electrons. The van der Waals surface area contributed by atoms with Crippen molar-refractivity contribution in [1.82, 2.24) is 0 Å². The van der Waals surface area contributed by atoms with Crippen molar-refractivity contribution >= 4 is 29.1 Å². The van der Waals surface area contributed by atoms with Gasteiger partial charge in [-0.25, -0.2) is 0 Å². The van der Waals surface area contributed by atoms with Gasteiger partial charge in [-0.05, 0) is 13.3 Å². The molecular weight excluding hydrogens is 147 g/mol. The predicted molar refractivity (Wildman–Crippen MR) is 42.0 cm³/mol. The summed E-state index contributed by atoms with van der Waals surface area (Å²) in [7, 11) is 0. The van der Waals surface area contributed by atoms with Gasteiger partial charge in [-0.1, -0.05) is 6.92 Å². The van der Waals surface area contributed by atoms with Gasteiger partial charge in [0.2, 0.25) is 0 Å². The molecule has 0 heterocycles. The Hall–Kier alpha value is -0.328. The van der Waals surface area contributed by atoms with Crippen LogP contribution in [-0.2, 0) is 9.59 Å².